The third-order valence-corrected chi connectivity index (χ3v) is 4.39. The molecule has 0 saturated carbocycles. The van der Waals surface area contributed by atoms with Crippen molar-refractivity contribution in [3.05, 3.63) is 35.6 Å². The standard InChI is InChI=1S/C20H35FN4O/c1-7-26-19(15(2)3)11-12-23-20(22-4)24-14-18(25(5)6)16-9-8-10-17(21)13-16/h8-10,13,15,18-19H,7,11-12,14H2,1-6H3,(H2,22,23,24). The van der Waals surface area contributed by atoms with E-state index in [1.807, 2.05) is 27.1 Å². The number of benzene rings is 1. The van der Waals surface area contributed by atoms with Crippen LogP contribution in [0.4, 0.5) is 4.39 Å². The van der Waals surface area contributed by atoms with Gasteiger partial charge in [-0.3, -0.25) is 4.99 Å². The topological polar surface area (TPSA) is 48.9 Å². The van der Waals surface area contributed by atoms with E-state index in [0.29, 0.717) is 12.5 Å². The van der Waals surface area contributed by atoms with Crippen LogP contribution >= 0.6 is 0 Å². The van der Waals surface area contributed by atoms with Crippen LogP contribution < -0.4 is 10.6 Å². The zero-order chi connectivity index (χ0) is 19.5. The molecule has 2 N–H and O–H groups in total. The molecule has 0 aliphatic carbocycles. The van der Waals surface area contributed by atoms with E-state index >= 15 is 0 Å². The fraction of sp³-hybridized carbons (Fsp3) is 0.650. The largest absolute Gasteiger partial charge is 0.378 e. The van der Waals surface area contributed by atoms with Crippen molar-refractivity contribution in [2.75, 3.05) is 40.8 Å². The Kier molecular flexibility index (Phi) is 10.2. The van der Waals surface area contributed by atoms with Gasteiger partial charge in [-0.2, -0.15) is 0 Å². The van der Waals surface area contributed by atoms with Gasteiger partial charge in [0, 0.05) is 26.7 Å². The lowest BCUT2D eigenvalue weighted by Gasteiger charge is -2.26. The number of ether oxygens (including phenoxy) is 1. The van der Waals surface area contributed by atoms with E-state index in [1.165, 1.54) is 6.07 Å². The quantitative estimate of drug-likeness (QED) is 0.494. The minimum atomic E-state index is -0.215. The molecule has 0 radical (unpaired) electrons. The highest BCUT2D eigenvalue weighted by Gasteiger charge is 2.16. The molecule has 1 aromatic rings. The molecule has 5 nitrogen and oxygen atoms in total. The second-order valence-electron chi connectivity index (χ2n) is 6.94. The second-order valence-corrected chi connectivity index (χ2v) is 6.94. The van der Waals surface area contributed by atoms with Crippen molar-refractivity contribution in [3.8, 4) is 0 Å². The van der Waals surface area contributed by atoms with E-state index in [0.717, 1.165) is 31.1 Å². The maximum Gasteiger partial charge on any atom is 0.191 e. The number of nitrogens with zero attached hydrogens (tertiary/aromatic N) is 2. The predicted molar refractivity (Wildman–Crippen MR) is 107 cm³/mol. The highest BCUT2D eigenvalue weighted by Crippen LogP contribution is 2.18. The normalized spacial score (nSPS) is 14.6. The first-order valence-corrected chi connectivity index (χ1v) is 9.37. The monoisotopic (exact) mass is 366 g/mol. The summed E-state index contributed by atoms with van der Waals surface area (Å²) < 4.78 is 19.3. The lowest BCUT2D eigenvalue weighted by atomic mass is 10.0. The van der Waals surface area contributed by atoms with Gasteiger partial charge in [-0.1, -0.05) is 26.0 Å². The van der Waals surface area contributed by atoms with Crippen LogP contribution in [-0.4, -0.2) is 57.8 Å². The minimum absolute atomic E-state index is 0.0519. The van der Waals surface area contributed by atoms with Gasteiger partial charge < -0.3 is 20.3 Å². The lowest BCUT2D eigenvalue weighted by Crippen LogP contribution is -2.42. The van der Waals surface area contributed by atoms with E-state index in [9.17, 15) is 4.39 Å². The fourth-order valence-electron chi connectivity index (χ4n) is 2.88. The molecule has 148 valence electrons. The molecule has 2 atom stereocenters. The molecule has 0 aliphatic heterocycles. The molecule has 26 heavy (non-hydrogen) atoms. The Morgan fingerprint density at radius 1 is 1.27 bits per heavy atom. The second kappa shape index (κ2) is 11.9. The number of rotatable bonds is 10. The molecule has 0 spiro atoms. The zero-order valence-electron chi connectivity index (χ0n) is 17.1. The van der Waals surface area contributed by atoms with Gasteiger partial charge in [0.15, 0.2) is 5.96 Å². The van der Waals surface area contributed by atoms with Crippen LogP contribution in [0, 0.1) is 11.7 Å². The van der Waals surface area contributed by atoms with Gasteiger partial charge in [0.05, 0.1) is 12.1 Å². The van der Waals surface area contributed by atoms with Crippen molar-refractivity contribution in [1.29, 1.82) is 0 Å². The summed E-state index contributed by atoms with van der Waals surface area (Å²) in [5.74, 6) is 1.01. The van der Waals surface area contributed by atoms with Gasteiger partial charge in [-0.15, -0.1) is 0 Å². The van der Waals surface area contributed by atoms with E-state index < -0.39 is 0 Å². The maximum atomic E-state index is 13.5. The third-order valence-electron chi connectivity index (χ3n) is 4.39. The van der Waals surface area contributed by atoms with Gasteiger partial charge in [0.1, 0.15) is 5.82 Å². The summed E-state index contributed by atoms with van der Waals surface area (Å²) in [6.45, 7) is 8.53. The van der Waals surface area contributed by atoms with Crippen molar-refractivity contribution >= 4 is 5.96 Å². The van der Waals surface area contributed by atoms with Gasteiger partial charge in [-0.05, 0) is 51.1 Å². The van der Waals surface area contributed by atoms with Gasteiger partial charge in [0.2, 0.25) is 0 Å². The Morgan fingerprint density at radius 2 is 2.00 bits per heavy atom. The summed E-state index contributed by atoms with van der Waals surface area (Å²) in [4.78, 5) is 6.35. The van der Waals surface area contributed by atoms with E-state index in [2.05, 4.69) is 34.4 Å². The summed E-state index contributed by atoms with van der Waals surface area (Å²) in [6, 6.07) is 6.79. The molecule has 0 heterocycles. The molecule has 0 fully saturated rings. The molecule has 0 amide bonds. The van der Waals surface area contributed by atoms with Crippen molar-refractivity contribution in [1.82, 2.24) is 15.5 Å². The Labute approximate surface area is 158 Å². The van der Waals surface area contributed by atoms with Crippen molar-refractivity contribution in [2.24, 2.45) is 10.9 Å². The molecule has 0 aromatic heterocycles. The first-order valence-electron chi connectivity index (χ1n) is 9.37. The van der Waals surface area contributed by atoms with Crippen LogP contribution in [0.3, 0.4) is 0 Å². The van der Waals surface area contributed by atoms with Crippen molar-refractivity contribution < 1.29 is 9.13 Å². The maximum absolute atomic E-state index is 13.5. The molecule has 6 heteroatoms. The number of likely N-dealkylation sites (N-methyl/N-ethyl adjacent to an activating group) is 1. The summed E-state index contributed by atoms with van der Waals surface area (Å²) in [5, 5.41) is 6.67. The molecule has 0 aliphatic rings. The van der Waals surface area contributed by atoms with Gasteiger partial charge in [0.25, 0.3) is 0 Å². The van der Waals surface area contributed by atoms with Crippen LogP contribution in [0.2, 0.25) is 0 Å². The molecule has 1 rings (SSSR count). The van der Waals surface area contributed by atoms with Crippen LogP contribution in [0.1, 0.15) is 38.8 Å². The zero-order valence-corrected chi connectivity index (χ0v) is 17.1. The molecular weight excluding hydrogens is 331 g/mol. The average molecular weight is 367 g/mol. The summed E-state index contributed by atoms with van der Waals surface area (Å²) in [6.07, 6.45) is 1.17. The number of guanidine groups is 1. The number of aliphatic imine (C=N–C) groups is 1. The Morgan fingerprint density at radius 3 is 2.54 bits per heavy atom. The minimum Gasteiger partial charge on any atom is -0.378 e. The molecule has 0 bridgehead atoms. The van der Waals surface area contributed by atoms with Gasteiger partial charge in [-0.25, -0.2) is 4.39 Å². The fourth-order valence-corrected chi connectivity index (χ4v) is 2.88. The number of hydrogen-bond donors (Lipinski definition) is 2. The molecule has 2 unspecified atom stereocenters. The third kappa shape index (κ3) is 7.70. The SMILES string of the molecule is CCOC(CCNC(=NC)NCC(c1cccc(F)c1)N(C)C)C(C)C. The molecular formula is C20H35FN4O. The lowest BCUT2D eigenvalue weighted by molar-refractivity contribution is 0.0258. The number of nitrogens with one attached hydrogen (secondary N) is 2. The smallest absolute Gasteiger partial charge is 0.191 e. The van der Waals surface area contributed by atoms with Crippen LogP contribution in [0.15, 0.2) is 29.3 Å². The highest BCUT2D eigenvalue weighted by molar-refractivity contribution is 5.79. The van der Waals surface area contributed by atoms with E-state index in [-0.39, 0.29) is 18.0 Å². The number of hydrogen-bond acceptors (Lipinski definition) is 3. The van der Waals surface area contributed by atoms with Crippen LogP contribution in [0.5, 0.6) is 0 Å². The van der Waals surface area contributed by atoms with Gasteiger partial charge >= 0.3 is 0 Å². The van der Waals surface area contributed by atoms with Crippen molar-refractivity contribution in [2.45, 2.75) is 39.3 Å². The summed E-state index contributed by atoms with van der Waals surface area (Å²) >= 11 is 0. The predicted octanol–water partition coefficient (Wildman–Crippen LogP) is 3.04. The number of halogens is 1. The summed E-state index contributed by atoms with van der Waals surface area (Å²) in [5.41, 5.74) is 0.939. The van der Waals surface area contributed by atoms with E-state index in [1.54, 1.807) is 19.2 Å². The molecule has 0 saturated heterocycles. The van der Waals surface area contributed by atoms with Crippen molar-refractivity contribution in [3.63, 3.8) is 0 Å². The molecule has 1 aromatic carbocycles. The Bertz CT molecular complexity index is 548. The average Bonchev–Trinajstić information content (AvgIpc) is 2.59. The van der Waals surface area contributed by atoms with Crippen LogP contribution in [0.25, 0.3) is 0 Å². The summed E-state index contributed by atoms with van der Waals surface area (Å²) in [7, 11) is 5.73. The first kappa shape index (κ1) is 22.4. The first-order chi connectivity index (χ1) is 12.4. The van der Waals surface area contributed by atoms with Crippen LogP contribution in [-0.2, 0) is 4.74 Å². The highest BCUT2D eigenvalue weighted by atomic mass is 19.1. The Balaban J connectivity index is 2.56. The van der Waals surface area contributed by atoms with E-state index in [4.69, 9.17) is 4.74 Å². The Hall–Kier alpha value is -1.66.